The minimum absolute atomic E-state index is 0.369. The van der Waals surface area contributed by atoms with Crippen LogP contribution in [0.15, 0.2) is 29.0 Å². The van der Waals surface area contributed by atoms with Crippen LogP contribution in [0, 0.1) is 5.82 Å². The summed E-state index contributed by atoms with van der Waals surface area (Å²) in [6, 6.07) is 5.06. The number of hydrogen-bond donors (Lipinski definition) is 1. The fraction of sp³-hybridized carbons (Fsp3) is 0.286. The molecule has 6 heteroatoms. The molecule has 1 aromatic carbocycles. The summed E-state index contributed by atoms with van der Waals surface area (Å²) in [5.41, 5.74) is 0.804. The van der Waals surface area contributed by atoms with Crippen molar-refractivity contribution in [2.75, 3.05) is 19.0 Å². The Morgan fingerprint density at radius 3 is 2.85 bits per heavy atom. The Labute approximate surface area is 125 Å². The van der Waals surface area contributed by atoms with E-state index in [1.807, 2.05) is 0 Å². The second-order valence-corrected chi connectivity index (χ2v) is 4.99. The lowest BCUT2D eigenvalue weighted by Gasteiger charge is -2.13. The fourth-order valence-electron chi connectivity index (χ4n) is 1.81. The van der Waals surface area contributed by atoms with Gasteiger partial charge in [-0.2, -0.15) is 0 Å². The summed E-state index contributed by atoms with van der Waals surface area (Å²) in [5, 5.41) is 3.15. The summed E-state index contributed by atoms with van der Waals surface area (Å²) in [6.07, 6.45) is 2.35. The molecule has 0 aliphatic rings. The molecule has 1 aromatic heterocycles. The molecule has 0 saturated heterocycles. The first-order chi connectivity index (χ1) is 9.69. The van der Waals surface area contributed by atoms with E-state index in [4.69, 9.17) is 4.74 Å². The number of methoxy groups -OCH3 is 1. The third kappa shape index (κ3) is 2.90. The Hall–Kier alpha value is -1.69. The Bertz CT molecular complexity index is 607. The summed E-state index contributed by atoms with van der Waals surface area (Å²) in [7, 11) is 1.52. The van der Waals surface area contributed by atoms with Crippen LogP contribution in [0.4, 0.5) is 10.2 Å². The number of rotatable bonds is 5. The van der Waals surface area contributed by atoms with Crippen LogP contribution >= 0.6 is 15.9 Å². The van der Waals surface area contributed by atoms with Gasteiger partial charge >= 0.3 is 0 Å². The van der Waals surface area contributed by atoms with Crippen molar-refractivity contribution in [3.05, 3.63) is 34.8 Å². The molecule has 0 spiro atoms. The van der Waals surface area contributed by atoms with Gasteiger partial charge in [0, 0.05) is 12.1 Å². The molecule has 20 heavy (non-hydrogen) atoms. The van der Waals surface area contributed by atoms with Crippen molar-refractivity contribution in [2.45, 2.75) is 13.3 Å². The molecule has 0 amide bonds. The quantitative estimate of drug-likeness (QED) is 0.897. The van der Waals surface area contributed by atoms with E-state index in [0.717, 1.165) is 13.0 Å². The molecular weight excluding hydrogens is 325 g/mol. The molecule has 4 nitrogen and oxygen atoms in total. The summed E-state index contributed by atoms with van der Waals surface area (Å²) >= 11 is 3.18. The smallest absolute Gasteiger partial charge is 0.187 e. The maximum Gasteiger partial charge on any atom is 0.187 e. The van der Waals surface area contributed by atoms with E-state index < -0.39 is 0 Å². The first-order valence-corrected chi connectivity index (χ1v) is 7.05. The number of hydrogen-bond acceptors (Lipinski definition) is 4. The van der Waals surface area contributed by atoms with Crippen molar-refractivity contribution < 1.29 is 9.13 Å². The average molecular weight is 340 g/mol. The highest BCUT2D eigenvalue weighted by atomic mass is 79.9. The SMILES string of the molecule is CCCNc1ncnc(-c2cccc(Br)c2F)c1OC. The van der Waals surface area contributed by atoms with Gasteiger partial charge in [-0.05, 0) is 34.5 Å². The number of ether oxygens (including phenoxy) is 1. The van der Waals surface area contributed by atoms with Crippen molar-refractivity contribution in [2.24, 2.45) is 0 Å². The van der Waals surface area contributed by atoms with Crippen molar-refractivity contribution in [1.82, 2.24) is 9.97 Å². The second-order valence-electron chi connectivity index (χ2n) is 4.13. The minimum atomic E-state index is -0.369. The van der Waals surface area contributed by atoms with Crippen LogP contribution in [-0.4, -0.2) is 23.6 Å². The summed E-state index contributed by atoms with van der Waals surface area (Å²) in [6.45, 7) is 2.81. The van der Waals surface area contributed by atoms with E-state index >= 15 is 0 Å². The fourth-order valence-corrected chi connectivity index (χ4v) is 2.18. The van der Waals surface area contributed by atoms with Crippen LogP contribution in [0.5, 0.6) is 5.75 Å². The van der Waals surface area contributed by atoms with Gasteiger partial charge in [-0.25, -0.2) is 14.4 Å². The molecule has 0 fully saturated rings. The number of nitrogens with one attached hydrogen (secondary N) is 1. The Kier molecular flexibility index (Phi) is 4.89. The number of aromatic nitrogens is 2. The first-order valence-electron chi connectivity index (χ1n) is 6.26. The summed E-state index contributed by atoms with van der Waals surface area (Å²) in [4.78, 5) is 8.30. The molecule has 2 rings (SSSR count). The molecule has 0 radical (unpaired) electrons. The van der Waals surface area contributed by atoms with Gasteiger partial charge in [-0.3, -0.25) is 0 Å². The largest absolute Gasteiger partial charge is 0.491 e. The standard InChI is InChI=1S/C14H15BrFN3O/c1-3-7-17-14-13(20-2)12(18-8-19-14)9-5-4-6-10(15)11(9)16/h4-6,8H,3,7H2,1-2H3,(H,17,18,19). The van der Waals surface area contributed by atoms with Crippen LogP contribution in [0.2, 0.25) is 0 Å². The lowest BCUT2D eigenvalue weighted by Crippen LogP contribution is -2.06. The Balaban J connectivity index is 2.53. The van der Waals surface area contributed by atoms with Gasteiger partial charge in [0.05, 0.1) is 11.6 Å². The van der Waals surface area contributed by atoms with Gasteiger partial charge in [0.1, 0.15) is 17.8 Å². The maximum absolute atomic E-state index is 14.2. The summed E-state index contributed by atoms with van der Waals surface area (Å²) < 4.78 is 19.9. The van der Waals surface area contributed by atoms with Gasteiger partial charge in [0.25, 0.3) is 0 Å². The van der Waals surface area contributed by atoms with Gasteiger partial charge in [0.2, 0.25) is 0 Å². The molecule has 0 aliphatic carbocycles. The van der Waals surface area contributed by atoms with E-state index in [2.05, 4.69) is 38.1 Å². The van der Waals surface area contributed by atoms with Crippen LogP contribution in [-0.2, 0) is 0 Å². The van der Waals surface area contributed by atoms with E-state index in [1.165, 1.54) is 13.4 Å². The lowest BCUT2D eigenvalue weighted by molar-refractivity contribution is 0.414. The highest BCUT2D eigenvalue weighted by Crippen LogP contribution is 2.35. The maximum atomic E-state index is 14.2. The second kappa shape index (κ2) is 6.65. The topological polar surface area (TPSA) is 47.0 Å². The van der Waals surface area contributed by atoms with E-state index in [0.29, 0.717) is 27.3 Å². The molecule has 0 bridgehead atoms. The Morgan fingerprint density at radius 2 is 2.15 bits per heavy atom. The highest BCUT2D eigenvalue weighted by molar-refractivity contribution is 9.10. The predicted octanol–water partition coefficient (Wildman–Crippen LogP) is 3.88. The zero-order chi connectivity index (χ0) is 14.5. The molecule has 1 heterocycles. The molecule has 0 atom stereocenters. The molecule has 0 aliphatic heterocycles. The first kappa shape index (κ1) is 14.7. The van der Waals surface area contributed by atoms with Crippen molar-refractivity contribution >= 4 is 21.7 Å². The third-order valence-electron chi connectivity index (χ3n) is 2.76. The number of nitrogens with zero attached hydrogens (tertiary/aromatic N) is 2. The van der Waals surface area contributed by atoms with Gasteiger partial charge in [-0.1, -0.05) is 13.0 Å². The zero-order valence-corrected chi connectivity index (χ0v) is 12.9. The van der Waals surface area contributed by atoms with Crippen molar-refractivity contribution in [3.63, 3.8) is 0 Å². The number of anilines is 1. The Morgan fingerprint density at radius 1 is 1.35 bits per heavy atom. The van der Waals surface area contributed by atoms with Crippen LogP contribution in [0.25, 0.3) is 11.3 Å². The third-order valence-corrected chi connectivity index (χ3v) is 3.37. The normalized spacial score (nSPS) is 10.4. The molecule has 106 valence electrons. The van der Waals surface area contributed by atoms with E-state index in [9.17, 15) is 4.39 Å². The molecule has 0 saturated carbocycles. The average Bonchev–Trinajstić information content (AvgIpc) is 2.47. The highest BCUT2D eigenvalue weighted by Gasteiger charge is 2.17. The van der Waals surface area contributed by atoms with Crippen LogP contribution in [0.3, 0.4) is 0 Å². The van der Waals surface area contributed by atoms with E-state index in [-0.39, 0.29) is 5.82 Å². The molecule has 2 aromatic rings. The summed E-state index contributed by atoms with van der Waals surface area (Å²) in [5.74, 6) is 0.641. The van der Waals surface area contributed by atoms with Crippen LogP contribution in [0.1, 0.15) is 13.3 Å². The number of halogens is 2. The van der Waals surface area contributed by atoms with Gasteiger partial charge < -0.3 is 10.1 Å². The van der Waals surface area contributed by atoms with Gasteiger partial charge in [-0.15, -0.1) is 0 Å². The molecular formula is C14H15BrFN3O. The molecule has 1 N–H and O–H groups in total. The number of benzene rings is 1. The van der Waals surface area contributed by atoms with Crippen molar-refractivity contribution in [3.8, 4) is 17.0 Å². The minimum Gasteiger partial charge on any atom is -0.491 e. The van der Waals surface area contributed by atoms with Crippen molar-refractivity contribution in [1.29, 1.82) is 0 Å². The zero-order valence-electron chi connectivity index (χ0n) is 11.3. The predicted molar refractivity (Wildman–Crippen MR) is 80.5 cm³/mol. The van der Waals surface area contributed by atoms with Gasteiger partial charge in [0.15, 0.2) is 11.6 Å². The van der Waals surface area contributed by atoms with E-state index in [1.54, 1.807) is 18.2 Å². The molecule has 0 unspecified atom stereocenters. The lowest BCUT2D eigenvalue weighted by atomic mass is 10.1. The monoisotopic (exact) mass is 339 g/mol. The van der Waals surface area contributed by atoms with Crippen LogP contribution < -0.4 is 10.1 Å².